The summed E-state index contributed by atoms with van der Waals surface area (Å²) in [5.41, 5.74) is 2.67. The standard InChI is InChI=1S/C27H34N2O3/c1-19(2)17-29(18-20(3)4)27(31)24(16-23-7-5-6-13-28-23)25(30)10-8-21-9-11-26-22(15-21)12-14-32-26/h5-7,9,11-15,19-20,24H,8,10,16-18H2,1-4H3. The molecule has 0 aliphatic heterocycles. The van der Waals surface area contributed by atoms with Crippen molar-refractivity contribution in [2.75, 3.05) is 13.1 Å². The van der Waals surface area contributed by atoms with Crippen LogP contribution in [0.1, 0.15) is 45.4 Å². The summed E-state index contributed by atoms with van der Waals surface area (Å²) in [5, 5.41) is 1.02. The second-order valence-electron chi connectivity index (χ2n) is 9.37. The van der Waals surface area contributed by atoms with Gasteiger partial charge in [0.25, 0.3) is 0 Å². The van der Waals surface area contributed by atoms with E-state index in [-0.39, 0.29) is 11.7 Å². The van der Waals surface area contributed by atoms with Crippen molar-refractivity contribution in [2.24, 2.45) is 17.8 Å². The van der Waals surface area contributed by atoms with Gasteiger partial charge in [-0.3, -0.25) is 14.6 Å². The second-order valence-corrected chi connectivity index (χ2v) is 9.37. The minimum atomic E-state index is -0.708. The van der Waals surface area contributed by atoms with E-state index < -0.39 is 5.92 Å². The predicted molar refractivity (Wildman–Crippen MR) is 127 cm³/mol. The molecule has 170 valence electrons. The molecule has 5 heteroatoms. The maximum atomic E-state index is 13.6. The summed E-state index contributed by atoms with van der Waals surface area (Å²) in [4.78, 5) is 33.2. The summed E-state index contributed by atoms with van der Waals surface area (Å²) in [6, 6.07) is 13.5. The Morgan fingerprint density at radius 1 is 1.00 bits per heavy atom. The molecular formula is C27H34N2O3. The van der Waals surface area contributed by atoms with Crippen molar-refractivity contribution < 1.29 is 14.0 Å². The van der Waals surface area contributed by atoms with Crippen LogP contribution in [0.4, 0.5) is 0 Å². The van der Waals surface area contributed by atoms with Crippen LogP contribution in [0.2, 0.25) is 0 Å². The number of amides is 1. The molecule has 1 amide bonds. The van der Waals surface area contributed by atoms with Crippen molar-refractivity contribution in [1.82, 2.24) is 9.88 Å². The number of fused-ring (bicyclic) bond motifs is 1. The van der Waals surface area contributed by atoms with Crippen LogP contribution < -0.4 is 0 Å². The van der Waals surface area contributed by atoms with Crippen LogP contribution in [0.3, 0.4) is 0 Å². The van der Waals surface area contributed by atoms with Crippen molar-refractivity contribution in [3.63, 3.8) is 0 Å². The third kappa shape index (κ3) is 6.52. The highest BCUT2D eigenvalue weighted by atomic mass is 16.3. The Hall–Kier alpha value is -2.95. The molecule has 1 aromatic carbocycles. The first-order valence-electron chi connectivity index (χ1n) is 11.5. The van der Waals surface area contributed by atoms with E-state index in [4.69, 9.17) is 4.42 Å². The number of aryl methyl sites for hydroxylation is 1. The van der Waals surface area contributed by atoms with Gasteiger partial charge in [-0.25, -0.2) is 0 Å². The summed E-state index contributed by atoms with van der Waals surface area (Å²) in [7, 11) is 0. The van der Waals surface area contributed by atoms with Gasteiger partial charge in [-0.2, -0.15) is 0 Å². The number of pyridine rings is 1. The van der Waals surface area contributed by atoms with Crippen LogP contribution in [-0.4, -0.2) is 34.7 Å². The number of furan rings is 1. The molecular weight excluding hydrogens is 400 g/mol. The van der Waals surface area contributed by atoms with E-state index in [1.807, 2.05) is 47.4 Å². The normalized spacial score (nSPS) is 12.4. The average Bonchev–Trinajstić information content (AvgIpc) is 3.23. The van der Waals surface area contributed by atoms with Gasteiger partial charge in [-0.05, 0) is 54.2 Å². The summed E-state index contributed by atoms with van der Waals surface area (Å²) >= 11 is 0. The molecule has 3 aromatic rings. The Morgan fingerprint density at radius 3 is 2.41 bits per heavy atom. The highest BCUT2D eigenvalue weighted by Crippen LogP contribution is 2.20. The van der Waals surface area contributed by atoms with Gasteiger partial charge in [0.1, 0.15) is 17.3 Å². The fraction of sp³-hybridized carbons (Fsp3) is 0.444. The van der Waals surface area contributed by atoms with Gasteiger partial charge in [0.15, 0.2) is 0 Å². The summed E-state index contributed by atoms with van der Waals surface area (Å²) in [6.45, 7) is 9.70. The van der Waals surface area contributed by atoms with Crippen molar-refractivity contribution in [2.45, 2.75) is 47.0 Å². The lowest BCUT2D eigenvalue weighted by molar-refractivity contribution is -0.142. The van der Waals surface area contributed by atoms with E-state index in [9.17, 15) is 9.59 Å². The molecule has 0 aliphatic carbocycles. The molecule has 0 fully saturated rings. The fourth-order valence-electron chi connectivity index (χ4n) is 4.04. The zero-order valence-corrected chi connectivity index (χ0v) is 19.6. The van der Waals surface area contributed by atoms with Crippen LogP contribution in [0.15, 0.2) is 59.3 Å². The number of hydrogen-bond acceptors (Lipinski definition) is 4. The zero-order chi connectivity index (χ0) is 23.1. The first-order valence-corrected chi connectivity index (χ1v) is 11.5. The lowest BCUT2D eigenvalue weighted by Gasteiger charge is -2.30. The van der Waals surface area contributed by atoms with Gasteiger partial charge in [-0.1, -0.05) is 39.8 Å². The number of nitrogens with zero attached hydrogens (tertiary/aromatic N) is 2. The van der Waals surface area contributed by atoms with Gasteiger partial charge >= 0.3 is 0 Å². The number of aromatic nitrogens is 1. The molecule has 0 bridgehead atoms. The summed E-state index contributed by atoms with van der Waals surface area (Å²) < 4.78 is 5.40. The van der Waals surface area contributed by atoms with Gasteiger partial charge < -0.3 is 9.32 Å². The SMILES string of the molecule is CC(C)CN(CC(C)C)C(=O)C(Cc1ccccn1)C(=O)CCc1ccc2occc2c1. The average molecular weight is 435 g/mol. The Kier molecular flexibility index (Phi) is 8.20. The van der Waals surface area contributed by atoms with Crippen LogP contribution in [0.5, 0.6) is 0 Å². The first-order chi connectivity index (χ1) is 15.3. The highest BCUT2D eigenvalue weighted by Gasteiger charge is 2.31. The summed E-state index contributed by atoms with van der Waals surface area (Å²) in [5.74, 6) is -0.131. The molecule has 3 rings (SSSR count). The predicted octanol–water partition coefficient (Wildman–Crippen LogP) is 5.33. The Labute approximate surface area is 190 Å². The van der Waals surface area contributed by atoms with E-state index in [0.29, 0.717) is 44.2 Å². The molecule has 0 spiro atoms. The highest BCUT2D eigenvalue weighted by molar-refractivity contribution is 6.01. The number of carbonyl (C=O) groups excluding carboxylic acids is 2. The van der Waals surface area contributed by atoms with Gasteiger partial charge in [0.2, 0.25) is 5.91 Å². The molecule has 1 unspecified atom stereocenters. The number of carbonyl (C=O) groups is 2. The Bertz CT molecular complexity index is 1010. The minimum Gasteiger partial charge on any atom is -0.464 e. The van der Waals surface area contributed by atoms with Crippen LogP contribution in [-0.2, 0) is 22.4 Å². The van der Waals surface area contributed by atoms with E-state index in [0.717, 1.165) is 22.2 Å². The number of Topliss-reactive ketones (excluding diaryl/α,β-unsaturated/α-hetero) is 1. The third-order valence-electron chi connectivity index (χ3n) is 5.49. The van der Waals surface area contributed by atoms with E-state index in [1.165, 1.54) is 0 Å². The fourth-order valence-corrected chi connectivity index (χ4v) is 4.04. The summed E-state index contributed by atoms with van der Waals surface area (Å²) in [6.07, 6.45) is 4.64. The largest absolute Gasteiger partial charge is 0.464 e. The van der Waals surface area contributed by atoms with Gasteiger partial charge in [0.05, 0.1) is 6.26 Å². The minimum absolute atomic E-state index is 0.0227. The third-order valence-corrected chi connectivity index (χ3v) is 5.49. The number of rotatable bonds is 11. The molecule has 0 saturated carbocycles. The molecule has 1 atom stereocenters. The number of benzene rings is 1. The maximum absolute atomic E-state index is 13.6. The smallest absolute Gasteiger partial charge is 0.233 e. The Morgan fingerprint density at radius 2 is 1.75 bits per heavy atom. The second kappa shape index (κ2) is 11.1. The molecule has 0 saturated heterocycles. The van der Waals surface area contributed by atoms with Crippen molar-refractivity contribution >= 4 is 22.7 Å². The molecule has 5 nitrogen and oxygen atoms in total. The molecule has 2 heterocycles. The van der Waals surface area contributed by atoms with E-state index in [1.54, 1.807) is 12.5 Å². The lowest BCUT2D eigenvalue weighted by atomic mass is 9.91. The van der Waals surface area contributed by atoms with E-state index in [2.05, 4.69) is 32.7 Å². The number of ketones is 1. The van der Waals surface area contributed by atoms with Gasteiger partial charge in [-0.15, -0.1) is 0 Å². The van der Waals surface area contributed by atoms with Crippen LogP contribution in [0.25, 0.3) is 11.0 Å². The molecule has 32 heavy (non-hydrogen) atoms. The monoisotopic (exact) mass is 434 g/mol. The Balaban J connectivity index is 1.78. The van der Waals surface area contributed by atoms with Crippen LogP contribution >= 0.6 is 0 Å². The van der Waals surface area contributed by atoms with Crippen molar-refractivity contribution in [3.05, 3.63) is 66.2 Å². The number of hydrogen-bond donors (Lipinski definition) is 0. The zero-order valence-electron chi connectivity index (χ0n) is 19.6. The quantitative estimate of drug-likeness (QED) is 0.383. The topological polar surface area (TPSA) is 63.4 Å². The molecule has 0 radical (unpaired) electrons. The molecule has 2 aromatic heterocycles. The van der Waals surface area contributed by atoms with E-state index >= 15 is 0 Å². The lowest BCUT2D eigenvalue weighted by Crippen LogP contribution is -2.44. The van der Waals surface area contributed by atoms with Crippen molar-refractivity contribution in [3.8, 4) is 0 Å². The van der Waals surface area contributed by atoms with Crippen molar-refractivity contribution in [1.29, 1.82) is 0 Å². The maximum Gasteiger partial charge on any atom is 0.233 e. The molecule has 0 N–H and O–H groups in total. The first kappa shape index (κ1) is 23.7. The molecule has 0 aliphatic rings. The van der Waals surface area contributed by atoms with Gasteiger partial charge in [0, 0.05) is 43.2 Å². The van der Waals surface area contributed by atoms with Crippen LogP contribution in [0, 0.1) is 17.8 Å².